The van der Waals surface area contributed by atoms with E-state index in [2.05, 4.69) is 30.9 Å². The highest BCUT2D eigenvalue weighted by Gasteiger charge is 2.18. The number of aromatic nitrogens is 5. The summed E-state index contributed by atoms with van der Waals surface area (Å²) in [5.41, 5.74) is 9.46. The highest BCUT2D eigenvalue weighted by Crippen LogP contribution is 2.23. The van der Waals surface area contributed by atoms with Crippen LogP contribution in [0.5, 0.6) is 0 Å². The number of hydrogen-bond donors (Lipinski definition) is 3. The second-order valence-electron chi connectivity index (χ2n) is 7.91. The molecule has 5 rings (SSSR count). The van der Waals surface area contributed by atoms with E-state index in [1.54, 1.807) is 34.8 Å². The Bertz CT molecular complexity index is 1480. The molecule has 0 aliphatic heterocycles. The predicted molar refractivity (Wildman–Crippen MR) is 138 cm³/mol. The number of nitrogens with zero attached hydrogens (tertiary/aromatic N) is 4. The van der Waals surface area contributed by atoms with Crippen LogP contribution in [-0.2, 0) is 12.2 Å². The number of nitrogens with one attached hydrogen (secondary N) is 3. The van der Waals surface area contributed by atoms with Gasteiger partial charge in [0.15, 0.2) is 11.0 Å². The van der Waals surface area contributed by atoms with Crippen LogP contribution in [-0.4, -0.2) is 36.5 Å². The van der Waals surface area contributed by atoms with Gasteiger partial charge in [-0.2, -0.15) is 5.10 Å². The normalized spacial score (nSPS) is 10.9. The van der Waals surface area contributed by atoms with Gasteiger partial charge in [0.25, 0.3) is 11.8 Å². The molecule has 2 aromatic carbocycles. The van der Waals surface area contributed by atoms with Gasteiger partial charge in [0.1, 0.15) is 0 Å². The van der Waals surface area contributed by atoms with E-state index in [-0.39, 0.29) is 0 Å². The van der Waals surface area contributed by atoms with E-state index in [0.29, 0.717) is 34.8 Å². The average Bonchev–Trinajstić information content (AvgIpc) is 3.55. The molecule has 9 nitrogen and oxygen atoms in total. The third-order valence-corrected chi connectivity index (χ3v) is 6.51. The minimum Gasteiger partial charge on any atom is -0.333 e. The van der Waals surface area contributed by atoms with Gasteiger partial charge in [0.2, 0.25) is 0 Å². The van der Waals surface area contributed by atoms with Crippen molar-refractivity contribution >= 4 is 34.6 Å². The Labute approximate surface area is 211 Å². The fourth-order valence-electron chi connectivity index (χ4n) is 3.73. The Morgan fingerprint density at radius 2 is 1.75 bits per heavy atom. The first-order valence-corrected chi connectivity index (χ1v) is 12.4. The number of imidazole rings is 1. The Kier molecular flexibility index (Phi) is 6.76. The topological polar surface area (TPSA) is 118 Å². The van der Waals surface area contributed by atoms with Crippen molar-refractivity contribution in [3.05, 3.63) is 102 Å². The maximum atomic E-state index is 12.7. The molecule has 180 valence electrons. The highest BCUT2D eigenvalue weighted by atomic mass is 32.2. The quantitative estimate of drug-likeness (QED) is 0.230. The monoisotopic (exact) mass is 497 g/mol. The predicted octanol–water partition coefficient (Wildman–Crippen LogP) is 4.07. The molecule has 10 heteroatoms. The number of hydrogen-bond acceptors (Lipinski definition) is 6. The molecular formula is C26H23N7O2S. The highest BCUT2D eigenvalue weighted by molar-refractivity contribution is 7.98. The molecule has 0 saturated heterocycles. The molecule has 0 unspecified atom stereocenters. The standard InChI is InChI=1S/C26H23N7O2S/c1-2-22-19(15-28-33(22)23-9-5-6-14-27-23)25(35)32-31-24(34)18-12-10-17(11-13-18)16-36-26-29-20-7-3-4-8-21(20)30-26/h3-15H,2,16H2,1H3,(H,29,30)(H,31,34)(H,32,35). The number of hydrazine groups is 1. The van der Waals surface area contributed by atoms with Crippen molar-refractivity contribution in [3.8, 4) is 5.82 Å². The molecule has 3 aromatic heterocycles. The third-order valence-electron chi connectivity index (χ3n) is 5.56. The number of carbonyl (C=O) groups is 2. The van der Waals surface area contributed by atoms with Gasteiger partial charge in [0, 0.05) is 17.5 Å². The molecule has 0 spiro atoms. The van der Waals surface area contributed by atoms with Crippen LogP contribution in [0.25, 0.3) is 16.9 Å². The van der Waals surface area contributed by atoms with Gasteiger partial charge in [-0.25, -0.2) is 14.6 Å². The molecule has 0 aliphatic carbocycles. The van der Waals surface area contributed by atoms with Gasteiger partial charge in [-0.05, 0) is 48.4 Å². The third kappa shape index (κ3) is 4.98. The van der Waals surface area contributed by atoms with Gasteiger partial charge in [0.05, 0.1) is 28.5 Å². The van der Waals surface area contributed by atoms with E-state index < -0.39 is 11.8 Å². The van der Waals surface area contributed by atoms with Crippen molar-refractivity contribution in [1.82, 2.24) is 35.6 Å². The zero-order valence-electron chi connectivity index (χ0n) is 19.4. The number of carbonyl (C=O) groups excluding carboxylic acids is 2. The lowest BCUT2D eigenvalue weighted by molar-refractivity contribution is 0.0846. The zero-order valence-corrected chi connectivity index (χ0v) is 20.2. The van der Waals surface area contributed by atoms with Crippen LogP contribution in [0.1, 0.15) is 38.9 Å². The SMILES string of the molecule is CCc1c(C(=O)NNC(=O)c2ccc(CSc3nc4ccccc4[nH]3)cc2)cnn1-c1ccccn1. The van der Waals surface area contributed by atoms with Crippen LogP contribution < -0.4 is 10.9 Å². The van der Waals surface area contributed by atoms with E-state index in [4.69, 9.17) is 0 Å². The van der Waals surface area contributed by atoms with Crippen LogP contribution in [0.2, 0.25) is 0 Å². The molecular weight excluding hydrogens is 474 g/mol. The number of pyridine rings is 1. The number of benzene rings is 2. The molecule has 0 aliphatic rings. The molecule has 0 saturated carbocycles. The maximum absolute atomic E-state index is 12.7. The molecule has 5 aromatic rings. The molecule has 3 N–H and O–H groups in total. The molecule has 36 heavy (non-hydrogen) atoms. The van der Waals surface area contributed by atoms with Crippen LogP contribution in [0.15, 0.2) is 84.3 Å². The van der Waals surface area contributed by atoms with Crippen LogP contribution in [0, 0.1) is 0 Å². The Balaban J connectivity index is 1.17. The first-order valence-electron chi connectivity index (χ1n) is 11.4. The lowest BCUT2D eigenvalue weighted by Gasteiger charge is -2.09. The van der Waals surface area contributed by atoms with Gasteiger partial charge in [-0.15, -0.1) is 0 Å². The lowest BCUT2D eigenvalue weighted by Crippen LogP contribution is -2.41. The summed E-state index contributed by atoms with van der Waals surface area (Å²) in [6, 6.07) is 20.6. The molecule has 0 atom stereocenters. The molecule has 0 fully saturated rings. The van der Waals surface area contributed by atoms with Crippen LogP contribution >= 0.6 is 11.8 Å². The fraction of sp³-hybridized carbons (Fsp3) is 0.115. The number of thioether (sulfide) groups is 1. The lowest BCUT2D eigenvalue weighted by atomic mass is 10.1. The van der Waals surface area contributed by atoms with E-state index in [1.165, 1.54) is 6.20 Å². The number of aromatic amines is 1. The van der Waals surface area contributed by atoms with Crippen molar-refractivity contribution in [2.45, 2.75) is 24.3 Å². The number of rotatable bonds is 7. The summed E-state index contributed by atoms with van der Waals surface area (Å²) in [5, 5.41) is 5.14. The second kappa shape index (κ2) is 10.4. The zero-order chi connectivity index (χ0) is 24.9. The minimum atomic E-state index is -0.443. The molecule has 0 radical (unpaired) electrons. The second-order valence-corrected chi connectivity index (χ2v) is 8.88. The summed E-state index contributed by atoms with van der Waals surface area (Å²) in [6.07, 6.45) is 3.71. The van der Waals surface area contributed by atoms with Crippen molar-refractivity contribution in [2.75, 3.05) is 0 Å². The van der Waals surface area contributed by atoms with Gasteiger partial charge < -0.3 is 4.98 Å². The Hall–Kier alpha value is -4.44. The average molecular weight is 498 g/mol. The fourth-order valence-corrected chi connectivity index (χ4v) is 4.58. The van der Waals surface area contributed by atoms with Crippen molar-refractivity contribution < 1.29 is 9.59 Å². The van der Waals surface area contributed by atoms with Gasteiger partial charge >= 0.3 is 0 Å². The molecule has 3 heterocycles. The summed E-state index contributed by atoms with van der Waals surface area (Å²) >= 11 is 1.59. The molecule has 2 amide bonds. The maximum Gasteiger partial charge on any atom is 0.273 e. The summed E-state index contributed by atoms with van der Waals surface area (Å²) < 4.78 is 1.62. The number of fused-ring (bicyclic) bond motifs is 1. The van der Waals surface area contributed by atoms with E-state index in [9.17, 15) is 9.59 Å². The number of para-hydroxylation sites is 2. The largest absolute Gasteiger partial charge is 0.333 e. The van der Waals surface area contributed by atoms with E-state index in [0.717, 1.165) is 21.8 Å². The van der Waals surface area contributed by atoms with E-state index >= 15 is 0 Å². The van der Waals surface area contributed by atoms with Crippen LogP contribution in [0.4, 0.5) is 0 Å². The van der Waals surface area contributed by atoms with Crippen LogP contribution in [0.3, 0.4) is 0 Å². The van der Waals surface area contributed by atoms with Gasteiger partial charge in [-0.3, -0.25) is 20.4 Å². The van der Waals surface area contributed by atoms with Crippen molar-refractivity contribution in [2.24, 2.45) is 0 Å². The van der Waals surface area contributed by atoms with Crippen molar-refractivity contribution in [1.29, 1.82) is 0 Å². The van der Waals surface area contributed by atoms with Crippen molar-refractivity contribution in [3.63, 3.8) is 0 Å². The minimum absolute atomic E-state index is 0.376. The Morgan fingerprint density at radius 1 is 0.972 bits per heavy atom. The van der Waals surface area contributed by atoms with E-state index in [1.807, 2.05) is 61.5 Å². The first-order chi connectivity index (χ1) is 17.6. The van der Waals surface area contributed by atoms with Gasteiger partial charge in [-0.1, -0.05) is 49.0 Å². The summed E-state index contributed by atoms with van der Waals surface area (Å²) in [7, 11) is 0. The molecule has 0 bridgehead atoms. The first kappa shape index (κ1) is 23.3. The Morgan fingerprint density at radius 3 is 2.50 bits per heavy atom. The summed E-state index contributed by atoms with van der Waals surface area (Å²) in [4.78, 5) is 37.4. The smallest absolute Gasteiger partial charge is 0.273 e. The number of amides is 2. The summed E-state index contributed by atoms with van der Waals surface area (Å²) in [6.45, 7) is 1.93. The summed E-state index contributed by atoms with van der Waals surface area (Å²) in [5.74, 6) is 0.477. The number of H-pyrrole nitrogens is 1.